The lowest BCUT2D eigenvalue weighted by atomic mass is 10.0. The van der Waals surface area contributed by atoms with Gasteiger partial charge in [0.05, 0.1) is 30.1 Å². The van der Waals surface area contributed by atoms with Crippen LogP contribution in [0.4, 0.5) is 6.01 Å². The summed E-state index contributed by atoms with van der Waals surface area (Å²) in [6.07, 6.45) is 2.88. The highest BCUT2D eigenvalue weighted by Crippen LogP contribution is 2.28. The number of oxazole rings is 1. The number of ether oxygens (including phenoxy) is 1. The fraction of sp³-hybridized carbons (Fsp3) is 0.0500. The van der Waals surface area contributed by atoms with Crippen LogP contribution in [0.15, 0.2) is 71.5 Å². The molecule has 26 heavy (non-hydrogen) atoms. The van der Waals surface area contributed by atoms with E-state index in [0.29, 0.717) is 22.5 Å². The summed E-state index contributed by atoms with van der Waals surface area (Å²) in [7, 11) is 1.60. The van der Waals surface area contributed by atoms with Gasteiger partial charge in [0.1, 0.15) is 12.0 Å². The van der Waals surface area contributed by atoms with Crippen LogP contribution in [0, 0.1) is 0 Å². The second-order valence-electron chi connectivity index (χ2n) is 5.60. The predicted octanol–water partition coefficient (Wildman–Crippen LogP) is 4.15. The van der Waals surface area contributed by atoms with E-state index in [2.05, 4.69) is 10.3 Å². The van der Waals surface area contributed by atoms with Crippen LogP contribution in [0.1, 0.15) is 10.4 Å². The number of hydrogen-bond donors (Lipinski definition) is 1. The molecule has 0 fully saturated rings. The summed E-state index contributed by atoms with van der Waals surface area (Å²) in [5.41, 5.74) is 2.77. The average Bonchev–Trinajstić information content (AvgIpc) is 3.20. The third kappa shape index (κ3) is 3.00. The van der Waals surface area contributed by atoms with E-state index >= 15 is 0 Å². The van der Waals surface area contributed by atoms with Crippen LogP contribution < -0.4 is 10.1 Å². The molecule has 0 atom stereocenters. The van der Waals surface area contributed by atoms with E-state index < -0.39 is 0 Å². The zero-order valence-corrected chi connectivity index (χ0v) is 14.0. The molecule has 6 heteroatoms. The largest absolute Gasteiger partial charge is 0.497 e. The molecule has 1 N–H and O–H groups in total. The van der Waals surface area contributed by atoms with Crippen molar-refractivity contribution < 1.29 is 13.9 Å². The molecule has 1 amide bonds. The van der Waals surface area contributed by atoms with E-state index in [1.165, 1.54) is 12.5 Å². The Kier molecular flexibility index (Phi) is 4.07. The Morgan fingerprint density at radius 3 is 2.69 bits per heavy atom. The number of amides is 1. The van der Waals surface area contributed by atoms with Gasteiger partial charge in [-0.2, -0.15) is 0 Å². The number of anilines is 1. The predicted molar refractivity (Wildman–Crippen MR) is 98.2 cm³/mol. The van der Waals surface area contributed by atoms with Crippen LogP contribution in [-0.4, -0.2) is 23.0 Å². The maximum Gasteiger partial charge on any atom is 0.301 e. The first-order valence-electron chi connectivity index (χ1n) is 7.99. The van der Waals surface area contributed by atoms with E-state index in [1.807, 2.05) is 42.5 Å². The zero-order chi connectivity index (χ0) is 17.9. The molecule has 2 aromatic heterocycles. The molecule has 4 aromatic rings. The molecule has 0 aliphatic carbocycles. The first kappa shape index (κ1) is 15.8. The minimum absolute atomic E-state index is 0.148. The van der Waals surface area contributed by atoms with Crippen molar-refractivity contribution >= 4 is 22.8 Å². The second kappa shape index (κ2) is 6.68. The Labute approximate surface area is 149 Å². The Morgan fingerprint density at radius 1 is 1.12 bits per heavy atom. The number of fused-ring (bicyclic) bond motifs is 1. The lowest BCUT2D eigenvalue weighted by Gasteiger charge is -2.10. The van der Waals surface area contributed by atoms with Gasteiger partial charge in [0.25, 0.3) is 5.91 Å². The molecule has 2 aromatic carbocycles. The van der Waals surface area contributed by atoms with Crippen molar-refractivity contribution in [1.29, 1.82) is 0 Å². The highest BCUT2D eigenvalue weighted by atomic mass is 16.5. The summed E-state index contributed by atoms with van der Waals surface area (Å²) in [6, 6.07) is 17.0. The molecular weight excluding hydrogens is 330 g/mol. The smallest absolute Gasteiger partial charge is 0.301 e. The quantitative estimate of drug-likeness (QED) is 0.601. The fourth-order valence-corrected chi connectivity index (χ4v) is 2.73. The molecular formula is C20H15N3O3. The van der Waals surface area contributed by atoms with Gasteiger partial charge in [-0.15, -0.1) is 0 Å². The number of carbonyl (C=O) groups excluding carboxylic acids is 1. The first-order valence-corrected chi connectivity index (χ1v) is 7.99. The third-order valence-corrected chi connectivity index (χ3v) is 3.98. The number of pyridine rings is 1. The molecule has 0 bridgehead atoms. The van der Waals surface area contributed by atoms with Crippen molar-refractivity contribution in [3.63, 3.8) is 0 Å². The number of nitrogens with one attached hydrogen (secondary N) is 1. The minimum atomic E-state index is -0.317. The van der Waals surface area contributed by atoms with E-state index in [0.717, 1.165) is 10.9 Å². The standard InChI is InChI=1S/C20H15N3O3/c1-25-14-7-8-15-16(19(24)23-20-21-9-10-26-20)12-17(22-18(15)11-14)13-5-3-2-4-6-13/h2-12H,1H3,(H,21,23,24). The van der Waals surface area contributed by atoms with Crippen LogP contribution in [0.2, 0.25) is 0 Å². The monoisotopic (exact) mass is 345 g/mol. The zero-order valence-electron chi connectivity index (χ0n) is 14.0. The Balaban J connectivity index is 1.87. The third-order valence-electron chi connectivity index (χ3n) is 3.98. The summed E-state index contributed by atoms with van der Waals surface area (Å²) in [5, 5.41) is 3.38. The molecule has 0 aliphatic heterocycles. The second-order valence-corrected chi connectivity index (χ2v) is 5.60. The summed E-state index contributed by atoms with van der Waals surface area (Å²) < 4.78 is 10.4. The van der Waals surface area contributed by atoms with E-state index in [-0.39, 0.29) is 11.9 Å². The van der Waals surface area contributed by atoms with Gasteiger partial charge in [-0.05, 0) is 18.2 Å². The molecule has 6 nitrogen and oxygen atoms in total. The molecule has 128 valence electrons. The van der Waals surface area contributed by atoms with Gasteiger partial charge in [-0.1, -0.05) is 30.3 Å². The summed E-state index contributed by atoms with van der Waals surface area (Å²) in [5.74, 6) is 0.358. The van der Waals surface area contributed by atoms with Gasteiger partial charge in [-0.3, -0.25) is 10.1 Å². The van der Waals surface area contributed by atoms with Gasteiger partial charge < -0.3 is 9.15 Å². The van der Waals surface area contributed by atoms with Gasteiger partial charge >= 0.3 is 6.01 Å². The Bertz CT molecular complexity index is 1060. The molecule has 0 saturated heterocycles. The van der Waals surface area contributed by atoms with Crippen LogP contribution in [0.25, 0.3) is 22.2 Å². The normalized spacial score (nSPS) is 10.7. The molecule has 0 spiro atoms. The number of hydrogen-bond acceptors (Lipinski definition) is 5. The lowest BCUT2D eigenvalue weighted by molar-refractivity contribution is 0.102. The van der Waals surface area contributed by atoms with Crippen LogP contribution in [-0.2, 0) is 0 Å². The molecule has 0 radical (unpaired) electrons. The number of aromatic nitrogens is 2. The summed E-state index contributed by atoms with van der Waals surface area (Å²) in [4.78, 5) is 21.4. The van der Waals surface area contributed by atoms with Crippen LogP contribution >= 0.6 is 0 Å². The van der Waals surface area contributed by atoms with Crippen molar-refractivity contribution in [2.45, 2.75) is 0 Å². The maximum absolute atomic E-state index is 12.8. The van der Waals surface area contributed by atoms with Crippen LogP contribution in [0.3, 0.4) is 0 Å². The SMILES string of the molecule is COc1ccc2c(C(=O)Nc3ncco3)cc(-c3ccccc3)nc2c1. The molecule has 2 heterocycles. The maximum atomic E-state index is 12.8. The van der Waals surface area contributed by atoms with Gasteiger partial charge in [-0.25, -0.2) is 9.97 Å². The molecule has 0 saturated carbocycles. The van der Waals surface area contributed by atoms with E-state index in [4.69, 9.17) is 14.1 Å². The topological polar surface area (TPSA) is 77.2 Å². The number of carbonyl (C=O) groups is 1. The van der Waals surface area contributed by atoms with E-state index in [9.17, 15) is 4.79 Å². The van der Waals surface area contributed by atoms with Gasteiger partial charge in [0.15, 0.2) is 0 Å². The minimum Gasteiger partial charge on any atom is -0.497 e. The van der Waals surface area contributed by atoms with Crippen LogP contribution in [0.5, 0.6) is 5.75 Å². The number of nitrogens with zero attached hydrogens (tertiary/aromatic N) is 2. The molecule has 0 unspecified atom stereocenters. The summed E-state index contributed by atoms with van der Waals surface area (Å²) >= 11 is 0. The molecule has 0 aliphatic rings. The fourth-order valence-electron chi connectivity index (χ4n) is 2.73. The Hall–Kier alpha value is -3.67. The first-order chi connectivity index (χ1) is 12.7. The van der Waals surface area contributed by atoms with E-state index in [1.54, 1.807) is 19.2 Å². The van der Waals surface area contributed by atoms with Crippen molar-refractivity contribution in [2.24, 2.45) is 0 Å². The highest BCUT2D eigenvalue weighted by molar-refractivity contribution is 6.12. The Morgan fingerprint density at radius 2 is 1.96 bits per heavy atom. The van der Waals surface area contributed by atoms with Crippen molar-refractivity contribution in [3.05, 3.63) is 72.6 Å². The number of methoxy groups -OCH3 is 1. The number of benzene rings is 2. The highest BCUT2D eigenvalue weighted by Gasteiger charge is 2.16. The average molecular weight is 345 g/mol. The van der Waals surface area contributed by atoms with Crippen molar-refractivity contribution in [2.75, 3.05) is 12.4 Å². The van der Waals surface area contributed by atoms with Gasteiger partial charge in [0.2, 0.25) is 0 Å². The van der Waals surface area contributed by atoms with Crippen molar-refractivity contribution in [1.82, 2.24) is 9.97 Å². The lowest BCUT2D eigenvalue weighted by Crippen LogP contribution is -2.13. The van der Waals surface area contributed by atoms with Crippen molar-refractivity contribution in [3.8, 4) is 17.0 Å². The van der Waals surface area contributed by atoms with Gasteiger partial charge in [0, 0.05) is 17.0 Å². The molecule has 4 rings (SSSR count). The summed E-state index contributed by atoms with van der Waals surface area (Å²) in [6.45, 7) is 0. The number of rotatable bonds is 4.